The summed E-state index contributed by atoms with van der Waals surface area (Å²) >= 11 is 6.28. The van der Waals surface area contributed by atoms with E-state index >= 15 is 0 Å². The van der Waals surface area contributed by atoms with Gasteiger partial charge in [-0.25, -0.2) is 0 Å². The van der Waals surface area contributed by atoms with E-state index in [4.69, 9.17) is 21.1 Å². The van der Waals surface area contributed by atoms with Crippen LogP contribution < -0.4 is 4.74 Å². The summed E-state index contributed by atoms with van der Waals surface area (Å²) in [6.45, 7) is 6.42. The number of nitrogens with zero attached hydrogens (tertiary/aromatic N) is 2. The lowest BCUT2D eigenvalue weighted by molar-refractivity contribution is -0.152. The van der Waals surface area contributed by atoms with E-state index in [1.54, 1.807) is 0 Å². The number of likely N-dealkylation sites (tertiary alicyclic amines) is 2. The maximum atomic E-state index is 13.7. The fourth-order valence-corrected chi connectivity index (χ4v) is 6.58. The second-order valence-electron chi connectivity index (χ2n) is 10.7. The molecule has 1 aromatic rings. The molecule has 1 saturated carbocycles. The van der Waals surface area contributed by atoms with E-state index in [0.717, 1.165) is 57.8 Å². The molecular formula is C26H37ClN2O3. The van der Waals surface area contributed by atoms with Gasteiger partial charge in [0.2, 0.25) is 5.91 Å². The third kappa shape index (κ3) is 4.53. The Labute approximate surface area is 197 Å². The summed E-state index contributed by atoms with van der Waals surface area (Å²) in [7, 11) is 0. The number of carbonyl (C=O) groups excluding carboxylic acids is 1. The van der Waals surface area contributed by atoms with Crippen LogP contribution in [-0.4, -0.2) is 66.2 Å². The molecule has 6 heteroatoms. The van der Waals surface area contributed by atoms with Crippen molar-refractivity contribution in [3.63, 3.8) is 0 Å². The average molecular weight is 461 g/mol. The van der Waals surface area contributed by atoms with Crippen LogP contribution in [0, 0.1) is 5.41 Å². The molecule has 176 valence electrons. The summed E-state index contributed by atoms with van der Waals surface area (Å²) in [6.07, 6.45) is 10.2. The molecule has 1 amide bonds. The minimum Gasteiger partial charge on any atom is -0.486 e. The van der Waals surface area contributed by atoms with Gasteiger partial charge in [0.05, 0.1) is 17.2 Å². The lowest BCUT2D eigenvalue weighted by Gasteiger charge is -2.46. The zero-order chi connectivity index (χ0) is 22.2. The maximum absolute atomic E-state index is 13.7. The molecule has 0 radical (unpaired) electrons. The molecular weight excluding hydrogens is 424 g/mol. The number of hydrogen-bond donors (Lipinski definition) is 0. The van der Waals surface area contributed by atoms with E-state index < -0.39 is 0 Å². The van der Waals surface area contributed by atoms with Crippen molar-refractivity contribution in [3.8, 4) is 5.75 Å². The molecule has 1 aliphatic carbocycles. The normalized spacial score (nSPS) is 31.3. The molecule has 5 rings (SSSR count). The Morgan fingerprint density at radius 3 is 2.59 bits per heavy atom. The molecule has 4 aliphatic rings. The third-order valence-corrected chi connectivity index (χ3v) is 8.70. The standard InChI is InChI=1S/C26H37ClN2O3/c1-25(12-15-28(16-13-25)20-7-2-3-8-20)24(30)29-14-6-11-26(19-29)17-21(18-31-26)32-23-10-5-4-9-22(23)27/h4-5,9-10,20-21H,2-3,6-8,11-19H2,1H3/t21-,26+/m1/s1. The zero-order valence-corrected chi connectivity index (χ0v) is 20.1. The molecule has 1 spiro atoms. The number of benzene rings is 1. The Bertz CT molecular complexity index is 819. The molecule has 32 heavy (non-hydrogen) atoms. The second-order valence-corrected chi connectivity index (χ2v) is 11.1. The Balaban J connectivity index is 1.18. The van der Waals surface area contributed by atoms with Gasteiger partial charge >= 0.3 is 0 Å². The first-order valence-electron chi connectivity index (χ1n) is 12.6. The summed E-state index contributed by atoms with van der Waals surface area (Å²) < 4.78 is 12.5. The molecule has 5 nitrogen and oxygen atoms in total. The molecule has 0 bridgehead atoms. The smallest absolute Gasteiger partial charge is 0.228 e. The fraction of sp³-hybridized carbons (Fsp3) is 0.731. The first-order valence-corrected chi connectivity index (χ1v) is 12.9. The number of rotatable bonds is 4. The third-order valence-electron chi connectivity index (χ3n) is 8.39. The second kappa shape index (κ2) is 9.15. The maximum Gasteiger partial charge on any atom is 0.228 e. The molecule has 4 fully saturated rings. The van der Waals surface area contributed by atoms with Crippen molar-refractivity contribution in [2.45, 2.75) is 82.5 Å². The number of hydrogen-bond acceptors (Lipinski definition) is 4. The summed E-state index contributed by atoms with van der Waals surface area (Å²) in [6, 6.07) is 8.36. The van der Waals surface area contributed by atoms with Crippen LogP contribution in [0.1, 0.15) is 64.7 Å². The van der Waals surface area contributed by atoms with E-state index in [0.29, 0.717) is 29.8 Å². The lowest BCUT2D eigenvalue weighted by atomic mass is 9.77. The first-order chi connectivity index (χ1) is 15.5. The van der Waals surface area contributed by atoms with E-state index in [2.05, 4.69) is 16.7 Å². The minimum absolute atomic E-state index is 0.0183. The quantitative estimate of drug-likeness (QED) is 0.640. The van der Waals surface area contributed by atoms with Crippen molar-refractivity contribution in [3.05, 3.63) is 29.3 Å². The Morgan fingerprint density at radius 1 is 1.09 bits per heavy atom. The van der Waals surface area contributed by atoms with Crippen LogP contribution in [0.5, 0.6) is 5.75 Å². The minimum atomic E-state index is -0.277. The SMILES string of the molecule is CC1(C(=O)N2CCC[C@]3(C[C@@H](Oc4ccccc4Cl)CO3)C2)CCN(C2CCCC2)CC1. The molecule has 2 atom stereocenters. The molecule has 3 saturated heterocycles. The summed E-state index contributed by atoms with van der Waals surface area (Å²) in [5.41, 5.74) is -0.513. The van der Waals surface area contributed by atoms with Crippen molar-refractivity contribution in [1.29, 1.82) is 0 Å². The Hall–Kier alpha value is -1.30. The Morgan fingerprint density at radius 2 is 1.84 bits per heavy atom. The van der Waals surface area contributed by atoms with Crippen LogP contribution in [-0.2, 0) is 9.53 Å². The van der Waals surface area contributed by atoms with Gasteiger partial charge < -0.3 is 19.3 Å². The highest BCUT2D eigenvalue weighted by molar-refractivity contribution is 6.32. The zero-order valence-electron chi connectivity index (χ0n) is 19.4. The van der Waals surface area contributed by atoms with Gasteiger partial charge in [-0.3, -0.25) is 4.79 Å². The molecule has 0 unspecified atom stereocenters. The van der Waals surface area contributed by atoms with E-state index in [9.17, 15) is 4.79 Å². The largest absolute Gasteiger partial charge is 0.486 e. The van der Waals surface area contributed by atoms with Gasteiger partial charge in [0.25, 0.3) is 0 Å². The molecule has 0 N–H and O–H groups in total. The van der Waals surface area contributed by atoms with Gasteiger partial charge in [0.1, 0.15) is 11.9 Å². The highest BCUT2D eigenvalue weighted by Gasteiger charge is 2.48. The highest BCUT2D eigenvalue weighted by atomic mass is 35.5. The number of halogens is 1. The highest BCUT2D eigenvalue weighted by Crippen LogP contribution is 2.41. The van der Waals surface area contributed by atoms with Gasteiger partial charge in [0, 0.05) is 31.0 Å². The summed E-state index contributed by atoms with van der Waals surface area (Å²) in [5.74, 6) is 1.05. The van der Waals surface area contributed by atoms with Crippen LogP contribution in [0.2, 0.25) is 5.02 Å². The molecule has 1 aromatic carbocycles. The average Bonchev–Trinajstić information content (AvgIpc) is 3.46. The van der Waals surface area contributed by atoms with Gasteiger partial charge in [-0.2, -0.15) is 0 Å². The van der Waals surface area contributed by atoms with Crippen molar-refractivity contribution >= 4 is 17.5 Å². The van der Waals surface area contributed by atoms with Gasteiger partial charge in [-0.15, -0.1) is 0 Å². The Kier molecular flexibility index (Phi) is 6.43. The number of amides is 1. The predicted molar refractivity (Wildman–Crippen MR) is 126 cm³/mol. The van der Waals surface area contributed by atoms with Gasteiger partial charge in [-0.1, -0.05) is 43.5 Å². The lowest BCUT2D eigenvalue weighted by Crippen LogP contribution is -2.56. The first kappa shape index (κ1) is 22.5. The predicted octanol–water partition coefficient (Wildman–Crippen LogP) is 4.91. The number of para-hydroxylation sites is 1. The topological polar surface area (TPSA) is 42.0 Å². The van der Waals surface area contributed by atoms with E-state index in [1.807, 2.05) is 24.3 Å². The monoisotopic (exact) mass is 460 g/mol. The van der Waals surface area contributed by atoms with Crippen LogP contribution in [0.25, 0.3) is 0 Å². The molecule has 3 aliphatic heterocycles. The van der Waals surface area contributed by atoms with Crippen molar-refractivity contribution in [2.24, 2.45) is 5.41 Å². The van der Waals surface area contributed by atoms with Crippen molar-refractivity contribution in [2.75, 3.05) is 32.8 Å². The van der Waals surface area contributed by atoms with Crippen molar-refractivity contribution < 1.29 is 14.3 Å². The van der Waals surface area contributed by atoms with Gasteiger partial charge in [-0.05, 0) is 63.7 Å². The van der Waals surface area contributed by atoms with Crippen LogP contribution >= 0.6 is 11.6 Å². The van der Waals surface area contributed by atoms with Crippen LogP contribution in [0.15, 0.2) is 24.3 Å². The molecule has 3 heterocycles. The number of ether oxygens (including phenoxy) is 2. The van der Waals surface area contributed by atoms with E-state index in [1.165, 1.54) is 25.7 Å². The van der Waals surface area contributed by atoms with E-state index in [-0.39, 0.29) is 17.1 Å². The summed E-state index contributed by atoms with van der Waals surface area (Å²) in [5, 5.41) is 0.630. The fourth-order valence-electron chi connectivity index (χ4n) is 6.40. The van der Waals surface area contributed by atoms with Crippen molar-refractivity contribution in [1.82, 2.24) is 9.80 Å². The molecule has 0 aromatic heterocycles. The van der Waals surface area contributed by atoms with Crippen LogP contribution in [0.4, 0.5) is 0 Å². The summed E-state index contributed by atoms with van der Waals surface area (Å²) in [4.78, 5) is 18.4. The van der Waals surface area contributed by atoms with Gasteiger partial charge in [0.15, 0.2) is 0 Å². The van der Waals surface area contributed by atoms with Crippen LogP contribution in [0.3, 0.4) is 0 Å². The number of carbonyl (C=O) groups is 1. The number of piperidine rings is 2.